The quantitative estimate of drug-likeness (QED) is 0.151. The van der Waals surface area contributed by atoms with Crippen LogP contribution in [-0.4, -0.2) is 68.7 Å². The highest BCUT2D eigenvalue weighted by Gasteiger charge is 2.52. The van der Waals surface area contributed by atoms with E-state index in [1.807, 2.05) is 0 Å². The number of ether oxygens (including phenoxy) is 4. The van der Waals surface area contributed by atoms with Crippen molar-refractivity contribution < 1.29 is 51.0 Å². The Labute approximate surface area is 265 Å². The van der Waals surface area contributed by atoms with Crippen LogP contribution in [0.2, 0.25) is 0 Å². The Hall–Kier alpha value is -4.88. The van der Waals surface area contributed by atoms with Crippen LogP contribution < -0.4 is 0 Å². The lowest BCUT2D eigenvalue weighted by atomic mass is 9.98. The van der Waals surface area contributed by atoms with Gasteiger partial charge in [-0.25, -0.2) is 14.4 Å². The van der Waals surface area contributed by atoms with Crippen molar-refractivity contribution in [2.45, 2.75) is 42.5 Å². The molecule has 1 saturated heterocycles. The average Bonchev–Trinajstić information content (AvgIpc) is 3.08. The van der Waals surface area contributed by atoms with Gasteiger partial charge in [-0.3, -0.25) is 4.18 Å². The van der Waals surface area contributed by atoms with E-state index in [1.54, 1.807) is 73.7 Å². The summed E-state index contributed by atoms with van der Waals surface area (Å²) in [6.07, 6.45) is -8.47. The molecular formula is C34H30O11S. The second-order valence-corrected chi connectivity index (χ2v) is 11.9. The molecule has 12 heteroatoms. The summed E-state index contributed by atoms with van der Waals surface area (Å²) < 4.78 is 54.1. The highest BCUT2D eigenvalue weighted by molar-refractivity contribution is 7.86. The van der Waals surface area contributed by atoms with Crippen molar-refractivity contribution in [1.29, 1.82) is 0 Å². The van der Waals surface area contributed by atoms with Crippen LogP contribution in [0.4, 0.5) is 0 Å². The molecule has 1 N–H and O–H groups in total. The van der Waals surface area contributed by atoms with Gasteiger partial charge in [0.15, 0.2) is 24.6 Å². The fourth-order valence-electron chi connectivity index (χ4n) is 4.66. The van der Waals surface area contributed by atoms with E-state index >= 15 is 0 Å². The van der Waals surface area contributed by atoms with Crippen molar-refractivity contribution >= 4 is 28.0 Å². The number of aryl methyl sites for hydroxylation is 1. The van der Waals surface area contributed by atoms with Gasteiger partial charge < -0.3 is 24.1 Å². The molecular weight excluding hydrogens is 616 g/mol. The van der Waals surface area contributed by atoms with Gasteiger partial charge in [0.2, 0.25) is 0 Å². The Morgan fingerprint density at radius 3 is 1.50 bits per heavy atom. The van der Waals surface area contributed by atoms with Gasteiger partial charge in [-0.2, -0.15) is 8.42 Å². The zero-order valence-corrected chi connectivity index (χ0v) is 25.3. The number of carbonyl (C=O) groups is 3. The summed E-state index contributed by atoms with van der Waals surface area (Å²) in [6, 6.07) is 29.4. The molecule has 5 rings (SSSR count). The largest absolute Gasteiger partial charge is 0.452 e. The third kappa shape index (κ3) is 7.85. The topological polar surface area (TPSA) is 152 Å². The summed E-state index contributed by atoms with van der Waals surface area (Å²) in [6.45, 7) is 1.02. The van der Waals surface area contributed by atoms with Crippen molar-refractivity contribution in [3.63, 3.8) is 0 Å². The van der Waals surface area contributed by atoms with E-state index in [4.69, 9.17) is 23.1 Å². The van der Waals surface area contributed by atoms with Crippen LogP contribution in [0.15, 0.2) is 120 Å². The van der Waals surface area contributed by atoms with E-state index < -0.39 is 65.3 Å². The molecule has 1 fully saturated rings. The molecule has 4 aromatic rings. The van der Waals surface area contributed by atoms with Crippen LogP contribution >= 0.6 is 0 Å². The Morgan fingerprint density at radius 1 is 0.630 bits per heavy atom. The molecule has 1 aliphatic rings. The SMILES string of the molecule is Cc1ccc(S(=O)(=O)OC[C@H]2O[C@H](O)[C@@H](OC(=O)c3ccccc3)[C@@H](OC(=O)c3ccccc3)[C@@H]2OC(=O)c2ccccc2)cc1. The van der Waals surface area contributed by atoms with Gasteiger partial charge in [-0.1, -0.05) is 72.3 Å². The number of rotatable bonds is 10. The number of esters is 3. The first kappa shape index (κ1) is 32.5. The van der Waals surface area contributed by atoms with Gasteiger partial charge in [0.05, 0.1) is 28.2 Å². The highest BCUT2D eigenvalue weighted by Crippen LogP contribution is 2.30. The molecule has 238 valence electrons. The van der Waals surface area contributed by atoms with Crippen LogP contribution in [0.5, 0.6) is 0 Å². The van der Waals surface area contributed by atoms with Crippen molar-refractivity contribution in [2.75, 3.05) is 6.61 Å². The summed E-state index contributed by atoms with van der Waals surface area (Å²) in [4.78, 5) is 39.5. The van der Waals surface area contributed by atoms with E-state index in [2.05, 4.69) is 0 Å². The number of aliphatic hydroxyl groups is 1. The second-order valence-electron chi connectivity index (χ2n) is 10.3. The predicted molar refractivity (Wildman–Crippen MR) is 162 cm³/mol. The van der Waals surface area contributed by atoms with Crippen molar-refractivity contribution in [3.05, 3.63) is 138 Å². The van der Waals surface area contributed by atoms with Gasteiger partial charge in [-0.15, -0.1) is 0 Å². The molecule has 0 unspecified atom stereocenters. The summed E-state index contributed by atoms with van der Waals surface area (Å²) in [7, 11) is -4.35. The lowest BCUT2D eigenvalue weighted by molar-refractivity contribution is -0.283. The van der Waals surface area contributed by atoms with E-state index in [-0.39, 0.29) is 21.6 Å². The second kappa shape index (κ2) is 14.5. The molecule has 0 bridgehead atoms. The molecule has 0 amide bonds. The van der Waals surface area contributed by atoms with E-state index in [1.165, 1.54) is 48.5 Å². The first-order valence-electron chi connectivity index (χ1n) is 14.2. The smallest absolute Gasteiger partial charge is 0.338 e. The molecule has 0 radical (unpaired) electrons. The number of hydrogen-bond acceptors (Lipinski definition) is 11. The number of aliphatic hydroxyl groups excluding tert-OH is 1. The first-order chi connectivity index (χ1) is 22.1. The number of benzene rings is 4. The maximum Gasteiger partial charge on any atom is 0.338 e. The Bertz CT molecular complexity index is 1750. The lowest BCUT2D eigenvalue weighted by Gasteiger charge is -2.42. The van der Waals surface area contributed by atoms with Gasteiger partial charge in [0.25, 0.3) is 10.1 Å². The van der Waals surface area contributed by atoms with E-state index in [0.29, 0.717) is 0 Å². The molecule has 0 spiro atoms. The average molecular weight is 647 g/mol. The molecule has 0 aromatic heterocycles. The maximum atomic E-state index is 13.3. The first-order valence-corrected chi connectivity index (χ1v) is 15.6. The number of carbonyl (C=O) groups excluding carboxylic acids is 3. The van der Waals surface area contributed by atoms with Gasteiger partial charge in [0.1, 0.15) is 6.10 Å². The summed E-state index contributed by atoms with van der Waals surface area (Å²) in [5, 5.41) is 11.1. The summed E-state index contributed by atoms with van der Waals surface area (Å²) in [5.41, 5.74) is 1.17. The zero-order chi connectivity index (χ0) is 32.7. The zero-order valence-electron chi connectivity index (χ0n) is 24.5. The van der Waals surface area contributed by atoms with Crippen LogP contribution in [0.3, 0.4) is 0 Å². The fraction of sp³-hybridized carbons (Fsp3) is 0.206. The Balaban J connectivity index is 1.50. The fourth-order valence-corrected chi connectivity index (χ4v) is 5.58. The van der Waals surface area contributed by atoms with Gasteiger partial charge >= 0.3 is 17.9 Å². The normalized spacial score (nSPS) is 21.1. The van der Waals surface area contributed by atoms with Crippen LogP contribution in [0, 0.1) is 6.92 Å². The molecule has 0 aliphatic carbocycles. The minimum absolute atomic E-state index is 0.111. The molecule has 0 saturated carbocycles. The highest BCUT2D eigenvalue weighted by atomic mass is 32.2. The minimum Gasteiger partial charge on any atom is -0.452 e. The molecule has 4 aromatic carbocycles. The third-order valence-corrected chi connectivity index (χ3v) is 8.36. The standard InChI is InChI=1S/C34H30O11S/c1-22-17-19-26(20-18-22)46(39,40)41-21-27-28(43-31(35)23-11-5-2-6-12-23)29(44-32(36)24-13-7-3-8-14-24)30(34(38)42-27)45-33(37)25-15-9-4-10-16-25/h2-20,27-30,34,38H,21H2,1H3/t27-,28-,29+,30+,34+/m1/s1. The summed E-state index contributed by atoms with van der Waals surface area (Å²) >= 11 is 0. The van der Waals surface area contributed by atoms with E-state index in [9.17, 15) is 27.9 Å². The number of hydrogen-bond donors (Lipinski definition) is 1. The Kier molecular flexibility index (Phi) is 10.2. The molecule has 11 nitrogen and oxygen atoms in total. The van der Waals surface area contributed by atoms with Gasteiger partial charge in [0, 0.05) is 0 Å². The van der Waals surface area contributed by atoms with E-state index in [0.717, 1.165) is 5.56 Å². The maximum absolute atomic E-state index is 13.3. The lowest BCUT2D eigenvalue weighted by Crippen LogP contribution is -2.62. The van der Waals surface area contributed by atoms with Crippen molar-refractivity contribution in [3.8, 4) is 0 Å². The summed E-state index contributed by atoms with van der Waals surface area (Å²) in [5.74, 6) is -2.67. The monoisotopic (exact) mass is 646 g/mol. The Morgan fingerprint density at radius 2 is 1.04 bits per heavy atom. The van der Waals surface area contributed by atoms with Crippen molar-refractivity contribution in [2.24, 2.45) is 0 Å². The molecule has 1 aliphatic heterocycles. The van der Waals surface area contributed by atoms with Crippen LogP contribution in [0.25, 0.3) is 0 Å². The van der Waals surface area contributed by atoms with Crippen LogP contribution in [-0.2, 0) is 33.2 Å². The van der Waals surface area contributed by atoms with Crippen LogP contribution in [0.1, 0.15) is 36.6 Å². The molecule has 5 atom stereocenters. The predicted octanol–water partition coefficient (Wildman–Crippen LogP) is 4.09. The molecule has 46 heavy (non-hydrogen) atoms. The van der Waals surface area contributed by atoms with Crippen molar-refractivity contribution in [1.82, 2.24) is 0 Å². The van der Waals surface area contributed by atoms with Gasteiger partial charge in [-0.05, 0) is 55.5 Å². The minimum atomic E-state index is -4.35. The molecule has 1 heterocycles. The third-order valence-electron chi connectivity index (χ3n) is 7.06.